The minimum atomic E-state index is -0.274. The average Bonchev–Trinajstić information content (AvgIpc) is 2.21. The summed E-state index contributed by atoms with van der Waals surface area (Å²) < 4.78 is 0. The Bertz CT molecular complexity index is 403. The first-order chi connectivity index (χ1) is 7.13. The van der Waals surface area contributed by atoms with Crippen molar-refractivity contribution in [1.82, 2.24) is 5.48 Å². The zero-order valence-corrected chi connectivity index (χ0v) is 7.62. The summed E-state index contributed by atoms with van der Waals surface area (Å²) >= 11 is 0. The molecule has 0 fully saturated rings. The van der Waals surface area contributed by atoms with Crippen LogP contribution in [0.25, 0.3) is 0 Å². The number of nitrogens with two attached hydrogens (primary N) is 1. The van der Waals surface area contributed by atoms with Crippen LogP contribution in [-0.4, -0.2) is 27.6 Å². The number of hydrogen-bond donors (Lipinski definition) is 5. The fourth-order valence-electron chi connectivity index (χ4n) is 0.817. The molecule has 0 saturated carbocycles. The molecule has 1 aromatic carbocycles. The fraction of sp³-hybridized carbons (Fsp3) is 0. The van der Waals surface area contributed by atoms with E-state index in [4.69, 9.17) is 16.0 Å². The number of benzene rings is 1. The molecule has 0 aromatic heterocycles. The van der Waals surface area contributed by atoms with Crippen LogP contribution in [0.4, 0.5) is 0 Å². The Morgan fingerprint density at radius 1 is 1.40 bits per heavy atom. The van der Waals surface area contributed by atoms with E-state index in [0.717, 1.165) is 0 Å². The number of hydroxylamine groups is 1. The molecule has 0 aliphatic carbocycles. The van der Waals surface area contributed by atoms with E-state index in [2.05, 4.69) is 10.2 Å². The lowest BCUT2D eigenvalue weighted by Gasteiger charge is -1.97. The van der Waals surface area contributed by atoms with Crippen LogP contribution in [0.15, 0.2) is 28.4 Å². The van der Waals surface area contributed by atoms with Gasteiger partial charge in [-0.1, -0.05) is 0 Å². The first-order valence-electron chi connectivity index (χ1n) is 3.92. The van der Waals surface area contributed by atoms with Crippen LogP contribution in [0.5, 0.6) is 11.5 Å². The second-order valence-corrected chi connectivity index (χ2v) is 2.58. The number of hydrogen-bond acceptors (Lipinski definition) is 5. The van der Waals surface area contributed by atoms with Gasteiger partial charge in [0, 0.05) is 11.6 Å². The van der Waals surface area contributed by atoms with Gasteiger partial charge in [-0.3, -0.25) is 5.21 Å². The molecule has 7 nitrogen and oxygen atoms in total. The second-order valence-electron chi connectivity index (χ2n) is 2.58. The highest BCUT2D eigenvalue weighted by atomic mass is 16.5. The molecule has 0 atom stereocenters. The van der Waals surface area contributed by atoms with Gasteiger partial charge < -0.3 is 15.9 Å². The Balaban J connectivity index is 2.81. The number of guanidine groups is 1. The first kappa shape index (κ1) is 10.8. The van der Waals surface area contributed by atoms with Crippen molar-refractivity contribution in [2.24, 2.45) is 15.9 Å². The van der Waals surface area contributed by atoms with Crippen LogP contribution in [0.3, 0.4) is 0 Å². The smallest absolute Gasteiger partial charge is 0.237 e. The van der Waals surface area contributed by atoms with Gasteiger partial charge >= 0.3 is 0 Å². The van der Waals surface area contributed by atoms with Gasteiger partial charge in [0.2, 0.25) is 5.96 Å². The summed E-state index contributed by atoms with van der Waals surface area (Å²) in [6, 6.07) is 4.00. The Labute approximate surface area is 85.1 Å². The van der Waals surface area contributed by atoms with Crippen LogP contribution in [0.1, 0.15) is 5.56 Å². The van der Waals surface area contributed by atoms with Crippen molar-refractivity contribution in [3.8, 4) is 11.5 Å². The van der Waals surface area contributed by atoms with Crippen LogP contribution >= 0.6 is 0 Å². The van der Waals surface area contributed by atoms with Crippen molar-refractivity contribution in [3.05, 3.63) is 23.8 Å². The number of phenolic OH excluding ortho intramolecular Hbond substituents is 2. The molecule has 80 valence electrons. The van der Waals surface area contributed by atoms with Crippen molar-refractivity contribution >= 4 is 12.2 Å². The van der Waals surface area contributed by atoms with Crippen molar-refractivity contribution in [1.29, 1.82) is 0 Å². The molecule has 0 spiro atoms. The van der Waals surface area contributed by atoms with E-state index in [-0.39, 0.29) is 17.5 Å². The minimum Gasteiger partial charge on any atom is -0.508 e. The Kier molecular flexibility index (Phi) is 3.47. The molecule has 0 bridgehead atoms. The SMILES string of the molecule is N/C(=N/N=Cc1ccc(O)cc1O)NO. The molecule has 0 heterocycles. The summed E-state index contributed by atoms with van der Waals surface area (Å²) in [6.45, 7) is 0. The van der Waals surface area contributed by atoms with E-state index in [0.29, 0.717) is 5.56 Å². The van der Waals surface area contributed by atoms with Crippen LogP contribution < -0.4 is 11.2 Å². The summed E-state index contributed by atoms with van der Waals surface area (Å²) in [6.07, 6.45) is 1.22. The summed E-state index contributed by atoms with van der Waals surface area (Å²) in [5.74, 6) is -0.460. The quantitative estimate of drug-likeness (QED) is 0.261. The van der Waals surface area contributed by atoms with E-state index in [1.165, 1.54) is 24.4 Å². The molecular formula is C8H10N4O3. The molecular weight excluding hydrogens is 200 g/mol. The molecule has 0 aliphatic rings. The van der Waals surface area contributed by atoms with Crippen LogP contribution in [0.2, 0.25) is 0 Å². The summed E-state index contributed by atoms with van der Waals surface area (Å²) in [4.78, 5) is 0. The third-order valence-corrected chi connectivity index (χ3v) is 1.49. The third kappa shape index (κ3) is 3.16. The van der Waals surface area contributed by atoms with Crippen molar-refractivity contribution in [2.75, 3.05) is 0 Å². The molecule has 15 heavy (non-hydrogen) atoms. The molecule has 6 N–H and O–H groups in total. The van der Waals surface area contributed by atoms with Crippen LogP contribution in [0, 0.1) is 0 Å². The van der Waals surface area contributed by atoms with Crippen LogP contribution in [-0.2, 0) is 0 Å². The van der Waals surface area contributed by atoms with E-state index in [1.807, 2.05) is 0 Å². The molecule has 0 aliphatic heterocycles. The first-order valence-corrected chi connectivity index (χ1v) is 3.92. The van der Waals surface area contributed by atoms with Crippen molar-refractivity contribution < 1.29 is 15.4 Å². The second kappa shape index (κ2) is 4.82. The highest BCUT2D eigenvalue weighted by Crippen LogP contribution is 2.20. The largest absolute Gasteiger partial charge is 0.508 e. The van der Waals surface area contributed by atoms with Gasteiger partial charge in [-0.05, 0) is 12.1 Å². The molecule has 1 rings (SSSR count). The summed E-state index contributed by atoms with van der Waals surface area (Å²) in [7, 11) is 0. The standard InChI is InChI=1S/C8H10N4O3/c9-8(12-15)11-10-4-5-1-2-6(13)3-7(5)14/h1-4,13-15H,(H3,9,11,12). The Morgan fingerprint density at radius 2 is 2.13 bits per heavy atom. The predicted molar refractivity (Wildman–Crippen MR) is 53.9 cm³/mol. The van der Waals surface area contributed by atoms with E-state index in [9.17, 15) is 5.11 Å². The summed E-state index contributed by atoms with van der Waals surface area (Å²) in [5, 5.41) is 33.4. The Hall–Kier alpha value is -2.28. The van der Waals surface area contributed by atoms with Gasteiger partial charge in [-0.15, -0.1) is 5.10 Å². The van der Waals surface area contributed by atoms with Crippen molar-refractivity contribution in [2.45, 2.75) is 0 Å². The predicted octanol–water partition coefficient (Wildman–Crippen LogP) is -0.275. The number of rotatable bonds is 2. The van der Waals surface area contributed by atoms with Gasteiger partial charge in [0.1, 0.15) is 11.5 Å². The van der Waals surface area contributed by atoms with E-state index in [1.54, 1.807) is 5.48 Å². The van der Waals surface area contributed by atoms with E-state index < -0.39 is 0 Å². The maximum absolute atomic E-state index is 9.32. The van der Waals surface area contributed by atoms with Gasteiger partial charge in [-0.25, -0.2) is 5.48 Å². The van der Waals surface area contributed by atoms with Gasteiger partial charge in [-0.2, -0.15) is 5.10 Å². The highest BCUT2D eigenvalue weighted by molar-refractivity contribution is 5.84. The third-order valence-electron chi connectivity index (χ3n) is 1.49. The van der Waals surface area contributed by atoms with Gasteiger partial charge in [0.25, 0.3) is 0 Å². The average molecular weight is 210 g/mol. The lowest BCUT2D eigenvalue weighted by atomic mass is 10.2. The molecule has 1 aromatic rings. The lowest BCUT2D eigenvalue weighted by Crippen LogP contribution is -2.27. The molecule has 0 amide bonds. The van der Waals surface area contributed by atoms with Gasteiger partial charge in [0.15, 0.2) is 0 Å². The number of phenols is 2. The number of aromatic hydroxyl groups is 2. The zero-order chi connectivity index (χ0) is 11.3. The molecule has 0 unspecified atom stereocenters. The molecule has 0 radical (unpaired) electrons. The maximum Gasteiger partial charge on any atom is 0.237 e. The fourth-order valence-corrected chi connectivity index (χ4v) is 0.817. The highest BCUT2D eigenvalue weighted by Gasteiger charge is 1.98. The Morgan fingerprint density at radius 3 is 2.73 bits per heavy atom. The lowest BCUT2D eigenvalue weighted by molar-refractivity contribution is 0.232. The van der Waals surface area contributed by atoms with E-state index >= 15 is 0 Å². The summed E-state index contributed by atoms with van der Waals surface area (Å²) in [5.41, 5.74) is 7.02. The van der Waals surface area contributed by atoms with Crippen molar-refractivity contribution in [3.63, 3.8) is 0 Å². The number of nitrogens with zero attached hydrogens (tertiary/aromatic N) is 2. The molecule has 0 saturated heterocycles. The topological polar surface area (TPSA) is 123 Å². The monoisotopic (exact) mass is 210 g/mol. The van der Waals surface area contributed by atoms with Gasteiger partial charge in [0.05, 0.1) is 6.21 Å². The molecule has 7 heteroatoms. The zero-order valence-electron chi connectivity index (χ0n) is 7.62. The minimum absolute atomic E-state index is 0.0512. The maximum atomic E-state index is 9.32. The number of nitrogens with one attached hydrogen (secondary N) is 1. The normalized spacial score (nSPS) is 11.9.